The molecule has 2 aliphatic heterocycles. The summed E-state index contributed by atoms with van der Waals surface area (Å²) in [5, 5.41) is 10.1. The molecule has 0 aliphatic carbocycles. The minimum atomic E-state index is -0.729. The van der Waals surface area contributed by atoms with Crippen molar-refractivity contribution >= 4 is 17.5 Å². The largest absolute Gasteiger partial charge is 0.497 e. The number of nitrogens with zero attached hydrogens (tertiary/aromatic N) is 2. The van der Waals surface area contributed by atoms with E-state index in [1.165, 1.54) is 19.1 Å². The zero-order chi connectivity index (χ0) is 21.4. The quantitative estimate of drug-likeness (QED) is 0.806. The molecule has 2 amide bonds. The van der Waals surface area contributed by atoms with Crippen LogP contribution in [0.25, 0.3) is 0 Å². The van der Waals surface area contributed by atoms with Gasteiger partial charge in [-0.2, -0.15) is 0 Å². The predicted molar refractivity (Wildman–Crippen MR) is 109 cm³/mol. The maximum Gasteiger partial charge on any atom is 0.256 e. The van der Waals surface area contributed by atoms with Gasteiger partial charge in [0.05, 0.1) is 45.2 Å². The number of amides is 2. The number of methoxy groups -OCH3 is 3. The summed E-state index contributed by atoms with van der Waals surface area (Å²) in [4.78, 5) is 29.8. The van der Waals surface area contributed by atoms with Crippen molar-refractivity contribution in [3.8, 4) is 17.2 Å². The molecule has 30 heavy (non-hydrogen) atoms. The van der Waals surface area contributed by atoms with Crippen LogP contribution in [0.5, 0.6) is 17.2 Å². The van der Waals surface area contributed by atoms with Gasteiger partial charge in [0.15, 0.2) is 11.5 Å². The molecule has 0 saturated carbocycles. The average Bonchev–Trinajstić information content (AvgIpc) is 3.14. The van der Waals surface area contributed by atoms with Crippen LogP contribution in [-0.2, 0) is 11.3 Å². The van der Waals surface area contributed by atoms with Crippen LogP contribution < -0.4 is 19.1 Å². The van der Waals surface area contributed by atoms with E-state index in [1.54, 1.807) is 24.1 Å². The van der Waals surface area contributed by atoms with Gasteiger partial charge in [0.2, 0.25) is 5.91 Å². The molecule has 1 fully saturated rings. The molecular formula is C22H24N2O6. The van der Waals surface area contributed by atoms with Gasteiger partial charge in [-0.3, -0.25) is 9.59 Å². The fourth-order valence-electron chi connectivity index (χ4n) is 4.07. The average molecular weight is 412 g/mol. The second-order valence-electron chi connectivity index (χ2n) is 7.36. The lowest BCUT2D eigenvalue weighted by molar-refractivity contribution is -0.122. The maximum absolute atomic E-state index is 13.5. The fraction of sp³-hybridized carbons (Fsp3) is 0.364. The second kappa shape index (κ2) is 7.87. The van der Waals surface area contributed by atoms with E-state index in [9.17, 15) is 14.7 Å². The van der Waals surface area contributed by atoms with Gasteiger partial charge in [0, 0.05) is 19.0 Å². The summed E-state index contributed by atoms with van der Waals surface area (Å²) in [5.74, 6) is 1.01. The van der Waals surface area contributed by atoms with Gasteiger partial charge in [-0.05, 0) is 23.8 Å². The Morgan fingerprint density at radius 3 is 2.30 bits per heavy atom. The minimum Gasteiger partial charge on any atom is -0.497 e. The first-order valence-corrected chi connectivity index (χ1v) is 9.66. The van der Waals surface area contributed by atoms with Crippen molar-refractivity contribution in [2.24, 2.45) is 0 Å². The number of carbonyl (C=O) groups is 2. The third kappa shape index (κ3) is 3.33. The minimum absolute atomic E-state index is 0.124. The first-order valence-electron chi connectivity index (χ1n) is 9.66. The highest BCUT2D eigenvalue weighted by molar-refractivity contribution is 6.11. The van der Waals surface area contributed by atoms with E-state index in [1.807, 2.05) is 24.3 Å². The summed E-state index contributed by atoms with van der Waals surface area (Å²) in [6.45, 7) is 0.387. The lowest BCUT2D eigenvalue weighted by atomic mass is 10.1. The number of anilines is 1. The van der Waals surface area contributed by atoms with Crippen LogP contribution in [0.3, 0.4) is 0 Å². The number of fused-ring (bicyclic) bond motifs is 2. The molecule has 0 aromatic heterocycles. The van der Waals surface area contributed by atoms with E-state index in [4.69, 9.17) is 14.2 Å². The van der Waals surface area contributed by atoms with Gasteiger partial charge < -0.3 is 29.1 Å². The summed E-state index contributed by atoms with van der Waals surface area (Å²) >= 11 is 0. The third-order valence-electron chi connectivity index (χ3n) is 5.61. The molecule has 0 spiro atoms. The zero-order valence-electron chi connectivity index (χ0n) is 17.1. The van der Waals surface area contributed by atoms with Gasteiger partial charge in [0.1, 0.15) is 11.8 Å². The molecule has 0 radical (unpaired) electrons. The Morgan fingerprint density at radius 1 is 1.00 bits per heavy atom. The number of hydrogen-bond donors (Lipinski definition) is 1. The Bertz CT molecular complexity index is 974. The van der Waals surface area contributed by atoms with E-state index in [-0.39, 0.29) is 31.3 Å². The number of aliphatic hydroxyl groups is 1. The molecule has 2 heterocycles. The molecule has 8 heteroatoms. The molecule has 1 saturated heterocycles. The van der Waals surface area contributed by atoms with E-state index < -0.39 is 12.1 Å². The first-order chi connectivity index (χ1) is 14.5. The summed E-state index contributed by atoms with van der Waals surface area (Å²) in [5.41, 5.74) is 1.68. The highest BCUT2D eigenvalue weighted by Gasteiger charge is 2.45. The summed E-state index contributed by atoms with van der Waals surface area (Å²) in [6, 6.07) is 9.94. The van der Waals surface area contributed by atoms with Gasteiger partial charge in [0.25, 0.3) is 5.91 Å². The normalized spacial score (nSPS) is 20.5. The molecule has 1 N–H and O–H groups in total. The van der Waals surface area contributed by atoms with Gasteiger partial charge >= 0.3 is 0 Å². The molecule has 2 aromatic carbocycles. The topological polar surface area (TPSA) is 88.5 Å². The van der Waals surface area contributed by atoms with E-state index >= 15 is 0 Å². The van der Waals surface area contributed by atoms with E-state index in [2.05, 4.69) is 0 Å². The van der Waals surface area contributed by atoms with Crippen molar-refractivity contribution in [3.63, 3.8) is 0 Å². The SMILES string of the molecule is COc1ccc(CN2C(=O)[C@@H]3C[C@@H](O)CN3C(=O)c3cc(OC)c(OC)cc32)cc1. The van der Waals surface area contributed by atoms with Gasteiger partial charge in [-0.15, -0.1) is 0 Å². The molecule has 8 nitrogen and oxygen atoms in total. The number of aliphatic hydroxyl groups excluding tert-OH is 1. The van der Waals surface area contributed by atoms with Crippen molar-refractivity contribution in [3.05, 3.63) is 47.5 Å². The molecule has 0 unspecified atom stereocenters. The van der Waals surface area contributed by atoms with Crippen LogP contribution in [0.1, 0.15) is 22.3 Å². The van der Waals surface area contributed by atoms with Crippen molar-refractivity contribution < 1.29 is 28.9 Å². The molecule has 2 atom stereocenters. The molecule has 158 valence electrons. The zero-order valence-corrected chi connectivity index (χ0v) is 17.1. The Hall–Kier alpha value is -3.26. The van der Waals surface area contributed by atoms with Crippen molar-refractivity contribution in [2.45, 2.75) is 25.1 Å². The first kappa shape index (κ1) is 20.0. The van der Waals surface area contributed by atoms with Crippen LogP contribution in [-0.4, -0.2) is 61.8 Å². The number of carbonyl (C=O) groups excluding carboxylic acids is 2. The Balaban J connectivity index is 1.83. The Labute approximate surface area is 174 Å². The van der Waals surface area contributed by atoms with Crippen LogP contribution in [0.15, 0.2) is 36.4 Å². The van der Waals surface area contributed by atoms with Gasteiger partial charge in [-0.1, -0.05) is 12.1 Å². The van der Waals surface area contributed by atoms with Gasteiger partial charge in [-0.25, -0.2) is 0 Å². The van der Waals surface area contributed by atoms with Crippen LogP contribution >= 0.6 is 0 Å². The number of benzene rings is 2. The summed E-state index contributed by atoms with van der Waals surface area (Å²) in [7, 11) is 4.59. The van der Waals surface area contributed by atoms with E-state index in [0.717, 1.165) is 5.56 Å². The highest BCUT2D eigenvalue weighted by Crippen LogP contribution is 2.40. The Morgan fingerprint density at radius 2 is 1.67 bits per heavy atom. The molecule has 0 bridgehead atoms. The molecule has 2 aromatic rings. The maximum atomic E-state index is 13.5. The highest BCUT2D eigenvalue weighted by atomic mass is 16.5. The van der Waals surface area contributed by atoms with Crippen molar-refractivity contribution in [1.29, 1.82) is 0 Å². The van der Waals surface area contributed by atoms with Crippen LogP contribution in [0, 0.1) is 0 Å². The summed E-state index contributed by atoms with van der Waals surface area (Å²) < 4.78 is 16.0. The number of hydrogen-bond acceptors (Lipinski definition) is 6. The smallest absolute Gasteiger partial charge is 0.256 e. The summed E-state index contributed by atoms with van der Waals surface area (Å²) in [6.07, 6.45) is -0.515. The predicted octanol–water partition coefficient (Wildman–Crippen LogP) is 1.83. The molecule has 4 rings (SSSR count). The van der Waals surface area contributed by atoms with Crippen LogP contribution in [0.2, 0.25) is 0 Å². The lowest BCUT2D eigenvalue weighted by Crippen LogP contribution is -2.44. The number of ether oxygens (including phenoxy) is 3. The van der Waals surface area contributed by atoms with E-state index in [0.29, 0.717) is 28.5 Å². The fourth-order valence-corrected chi connectivity index (χ4v) is 4.07. The third-order valence-corrected chi connectivity index (χ3v) is 5.61. The monoisotopic (exact) mass is 412 g/mol. The van der Waals surface area contributed by atoms with Crippen molar-refractivity contribution in [1.82, 2.24) is 4.90 Å². The Kier molecular flexibility index (Phi) is 5.26. The standard InChI is InChI=1S/C22H24N2O6/c1-28-15-6-4-13(5-7-15)11-23-17-10-20(30-3)19(29-2)9-16(17)21(26)24-12-14(25)8-18(24)22(23)27/h4-7,9-10,14,18,25H,8,11-12H2,1-3H3/t14-,18+/m1/s1. The number of rotatable bonds is 5. The molecular weight excluding hydrogens is 388 g/mol. The van der Waals surface area contributed by atoms with Crippen molar-refractivity contribution in [2.75, 3.05) is 32.8 Å². The second-order valence-corrected chi connectivity index (χ2v) is 7.36. The molecule has 2 aliphatic rings. The lowest BCUT2D eigenvalue weighted by Gasteiger charge is -2.26. The van der Waals surface area contributed by atoms with Crippen LogP contribution in [0.4, 0.5) is 5.69 Å².